The van der Waals surface area contributed by atoms with E-state index in [4.69, 9.17) is 4.74 Å². The van der Waals surface area contributed by atoms with Crippen LogP contribution in [-0.4, -0.2) is 50.8 Å². The minimum atomic E-state index is -0.0373. The topological polar surface area (TPSA) is 73.1 Å². The Labute approximate surface area is 148 Å². The molecule has 0 bridgehead atoms. The van der Waals surface area contributed by atoms with Gasteiger partial charge < -0.3 is 14.2 Å². The van der Waals surface area contributed by atoms with Gasteiger partial charge in [-0.25, -0.2) is 4.98 Å². The van der Waals surface area contributed by atoms with Crippen molar-refractivity contribution in [3.8, 4) is 5.88 Å². The zero-order valence-electron chi connectivity index (χ0n) is 15.3. The van der Waals surface area contributed by atoms with Gasteiger partial charge in [0.05, 0.1) is 7.11 Å². The molecule has 0 radical (unpaired) electrons. The molecule has 7 nitrogen and oxygen atoms in total. The fraction of sp³-hybridized carbons (Fsp3) is 0.556. The molecule has 2 aromatic heterocycles. The number of pyridine rings is 1. The van der Waals surface area contributed by atoms with E-state index in [1.807, 2.05) is 17.9 Å². The summed E-state index contributed by atoms with van der Waals surface area (Å²) in [5, 5.41) is 8.37. The number of carbonyl (C=O) groups is 1. The first kappa shape index (κ1) is 17.4. The van der Waals surface area contributed by atoms with Crippen molar-refractivity contribution >= 4 is 5.91 Å². The molecule has 0 aromatic carbocycles. The highest BCUT2D eigenvalue weighted by atomic mass is 16.5. The maximum atomic E-state index is 13.0. The average molecular weight is 343 g/mol. The molecule has 0 saturated carbocycles. The molecule has 1 unspecified atom stereocenters. The summed E-state index contributed by atoms with van der Waals surface area (Å²) in [6.07, 6.45) is 3.73. The molecule has 3 heterocycles. The SMILES string of the molecule is COc1nc(C)ccc1C(=O)N1CCCC(c2nncn2C(C)C)C1. The Hall–Kier alpha value is -2.44. The molecular weight excluding hydrogens is 318 g/mol. The Balaban J connectivity index is 1.82. The molecule has 3 rings (SSSR count). The van der Waals surface area contributed by atoms with Crippen LogP contribution in [0.25, 0.3) is 0 Å². The molecule has 1 atom stereocenters. The molecule has 0 N–H and O–H groups in total. The number of piperidine rings is 1. The second-order valence-electron chi connectivity index (χ2n) is 6.79. The van der Waals surface area contributed by atoms with Gasteiger partial charge in [-0.05, 0) is 45.7 Å². The normalized spacial score (nSPS) is 17.8. The Morgan fingerprint density at radius 1 is 1.36 bits per heavy atom. The molecule has 134 valence electrons. The Bertz CT molecular complexity index is 756. The summed E-state index contributed by atoms with van der Waals surface area (Å²) in [6, 6.07) is 3.94. The second kappa shape index (κ2) is 7.21. The van der Waals surface area contributed by atoms with Crippen LogP contribution >= 0.6 is 0 Å². The highest BCUT2D eigenvalue weighted by molar-refractivity contribution is 5.96. The fourth-order valence-corrected chi connectivity index (χ4v) is 3.34. The molecule has 25 heavy (non-hydrogen) atoms. The summed E-state index contributed by atoms with van der Waals surface area (Å²) < 4.78 is 7.39. The van der Waals surface area contributed by atoms with Crippen LogP contribution in [0, 0.1) is 6.92 Å². The molecule has 1 fully saturated rings. The quantitative estimate of drug-likeness (QED) is 0.853. The number of aromatic nitrogens is 4. The van der Waals surface area contributed by atoms with E-state index in [0.29, 0.717) is 24.0 Å². The van der Waals surface area contributed by atoms with E-state index < -0.39 is 0 Å². The first-order valence-corrected chi connectivity index (χ1v) is 8.71. The minimum absolute atomic E-state index is 0.0373. The van der Waals surface area contributed by atoms with Gasteiger partial charge in [-0.3, -0.25) is 4.79 Å². The van der Waals surface area contributed by atoms with Gasteiger partial charge >= 0.3 is 0 Å². The number of aryl methyl sites for hydroxylation is 1. The van der Waals surface area contributed by atoms with E-state index in [1.54, 1.807) is 19.5 Å². The van der Waals surface area contributed by atoms with Gasteiger partial charge in [0.1, 0.15) is 17.7 Å². The summed E-state index contributed by atoms with van der Waals surface area (Å²) in [4.78, 5) is 19.2. The molecular formula is C18H25N5O2. The van der Waals surface area contributed by atoms with Gasteiger partial charge in [0.2, 0.25) is 5.88 Å². The van der Waals surface area contributed by atoms with Crippen LogP contribution < -0.4 is 4.74 Å². The van der Waals surface area contributed by atoms with E-state index in [0.717, 1.165) is 30.9 Å². The van der Waals surface area contributed by atoms with Crippen molar-refractivity contribution in [3.63, 3.8) is 0 Å². The maximum Gasteiger partial charge on any atom is 0.259 e. The molecule has 0 spiro atoms. The van der Waals surface area contributed by atoms with Crippen LogP contribution in [0.3, 0.4) is 0 Å². The van der Waals surface area contributed by atoms with Crippen LogP contribution in [0.4, 0.5) is 0 Å². The summed E-state index contributed by atoms with van der Waals surface area (Å²) in [5.41, 5.74) is 1.34. The largest absolute Gasteiger partial charge is 0.480 e. The van der Waals surface area contributed by atoms with Gasteiger partial charge in [0.15, 0.2) is 0 Å². The smallest absolute Gasteiger partial charge is 0.259 e. The molecule has 1 aliphatic rings. The van der Waals surface area contributed by atoms with Gasteiger partial charge in [-0.2, -0.15) is 0 Å². The molecule has 7 heteroatoms. The second-order valence-corrected chi connectivity index (χ2v) is 6.79. The van der Waals surface area contributed by atoms with Crippen molar-refractivity contribution in [2.75, 3.05) is 20.2 Å². The lowest BCUT2D eigenvalue weighted by Crippen LogP contribution is -2.40. The number of rotatable bonds is 4. The van der Waals surface area contributed by atoms with Crippen molar-refractivity contribution in [1.82, 2.24) is 24.6 Å². The Morgan fingerprint density at radius 3 is 2.88 bits per heavy atom. The number of amides is 1. The van der Waals surface area contributed by atoms with E-state index in [-0.39, 0.29) is 11.8 Å². The summed E-state index contributed by atoms with van der Waals surface area (Å²) in [7, 11) is 1.54. The summed E-state index contributed by atoms with van der Waals surface area (Å²) in [6.45, 7) is 7.48. The number of carbonyl (C=O) groups excluding carboxylic acids is 1. The molecule has 0 aliphatic carbocycles. The van der Waals surface area contributed by atoms with E-state index in [1.165, 1.54) is 0 Å². The Morgan fingerprint density at radius 2 is 2.16 bits per heavy atom. The third kappa shape index (κ3) is 3.50. The average Bonchev–Trinajstić information content (AvgIpc) is 3.11. The van der Waals surface area contributed by atoms with Gasteiger partial charge in [-0.15, -0.1) is 10.2 Å². The predicted molar refractivity (Wildman–Crippen MR) is 93.8 cm³/mol. The van der Waals surface area contributed by atoms with Crippen LogP contribution in [0.2, 0.25) is 0 Å². The van der Waals surface area contributed by atoms with Gasteiger partial charge in [-0.1, -0.05) is 0 Å². The van der Waals surface area contributed by atoms with Crippen molar-refractivity contribution in [1.29, 1.82) is 0 Å². The van der Waals surface area contributed by atoms with Crippen molar-refractivity contribution in [2.24, 2.45) is 0 Å². The van der Waals surface area contributed by atoms with Crippen molar-refractivity contribution in [2.45, 2.75) is 45.6 Å². The van der Waals surface area contributed by atoms with Crippen LogP contribution in [0.1, 0.15) is 60.5 Å². The standard InChI is InChI=1S/C18H25N5O2/c1-12(2)23-11-19-21-16(23)14-6-5-9-22(10-14)18(24)15-8-7-13(3)20-17(15)25-4/h7-8,11-12,14H,5-6,9-10H2,1-4H3. The van der Waals surface area contributed by atoms with Gasteiger partial charge in [0.25, 0.3) is 5.91 Å². The van der Waals surface area contributed by atoms with E-state index in [2.05, 4.69) is 33.6 Å². The number of methoxy groups -OCH3 is 1. The number of hydrogen-bond acceptors (Lipinski definition) is 5. The summed E-state index contributed by atoms with van der Waals surface area (Å²) >= 11 is 0. The third-order valence-corrected chi connectivity index (χ3v) is 4.65. The van der Waals surface area contributed by atoms with Crippen LogP contribution in [0.5, 0.6) is 5.88 Å². The first-order valence-electron chi connectivity index (χ1n) is 8.71. The molecule has 1 saturated heterocycles. The summed E-state index contributed by atoms with van der Waals surface area (Å²) in [5.74, 6) is 1.51. The lowest BCUT2D eigenvalue weighted by molar-refractivity contribution is 0.0698. The van der Waals surface area contributed by atoms with Crippen LogP contribution in [0.15, 0.2) is 18.5 Å². The molecule has 2 aromatic rings. The number of hydrogen-bond donors (Lipinski definition) is 0. The first-order chi connectivity index (χ1) is 12.0. The molecule has 1 aliphatic heterocycles. The minimum Gasteiger partial charge on any atom is -0.480 e. The third-order valence-electron chi connectivity index (χ3n) is 4.65. The van der Waals surface area contributed by atoms with E-state index >= 15 is 0 Å². The highest BCUT2D eigenvalue weighted by Crippen LogP contribution is 2.29. The van der Waals surface area contributed by atoms with E-state index in [9.17, 15) is 4.79 Å². The zero-order valence-corrected chi connectivity index (χ0v) is 15.3. The van der Waals surface area contributed by atoms with Crippen molar-refractivity contribution in [3.05, 3.63) is 35.5 Å². The number of nitrogens with zero attached hydrogens (tertiary/aromatic N) is 5. The monoisotopic (exact) mass is 343 g/mol. The lowest BCUT2D eigenvalue weighted by atomic mass is 9.96. The maximum absolute atomic E-state index is 13.0. The lowest BCUT2D eigenvalue weighted by Gasteiger charge is -2.33. The zero-order chi connectivity index (χ0) is 18.0. The van der Waals surface area contributed by atoms with Crippen molar-refractivity contribution < 1.29 is 9.53 Å². The van der Waals surface area contributed by atoms with Gasteiger partial charge in [0, 0.05) is 30.7 Å². The fourth-order valence-electron chi connectivity index (χ4n) is 3.34. The predicted octanol–water partition coefficient (Wildman–Crippen LogP) is 2.59. The molecule has 1 amide bonds. The number of likely N-dealkylation sites (tertiary alicyclic amines) is 1. The number of ether oxygens (including phenoxy) is 1. The highest BCUT2D eigenvalue weighted by Gasteiger charge is 2.30. The van der Waals surface area contributed by atoms with Crippen LogP contribution in [-0.2, 0) is 0 Å². The Kier molecular flexibility index (Phi) is 5.01.